The van der Waals surface area contributed by atoms with Crippen LogP contribution in [0.1, 0.15) is 11.3 Å². The Kier molecular flexibility index (Phi) is 3.99. The quantitative estimate of drug-likeness (QED) is 0.946. The van der Waals surface area contributed by atoms with Crippen molar-refractivity contribution in [2.45, 2.75) is 13.5 Å². The number of hydrogen-bond acceptors (Lipinski definition) is 2. The molecule has 0 aliphatic heterocycles. The third-order valence-electron chi connectivity index (χ3n) is 2.77. The molecule has 0 amide bonds. The van der Waals surface area contributed by atoms with Gasteiger partial charge in [0.05, 0.1) is 0 Å². The van der Waals surface area contributed by atoms with E-state index < -0.39 is 0 Å². The molecule has 0 bridgehead atoms. The van der Waals surface area contributed by atoms with Gasteiger partial charge in [-0.15, -0.1) is 0 Å². The molecule has 0 radical (unpaired) electrons. The van der Waals surface area contributed by atoms with Gasteiger partial charge in [-0.3, -0.25) is 4.79 Å². The van der Waals surface area contributed by atoms with Crippen LogP contribution in [0.2, 0.25) is 0 Å². The summed E-state index contributed by atoms with van der Waals surface area (Å²) >= 11 is 3.46. The second kappa shape index (κ2) is 5.50. The van der Waals surface area contributed by atoms with Crippen molar-refractivity contribution in [2.75, 3.05) is 7.05 Å². The van der Waals surface area contributed by atoms with Crippen LogP contribution in [0.15, 0.2) is 45.8 Å². The lowest BCUT2D eigenvalue weighted by Crippen LogP contribution is -2.19. The predicted molar refractivity (Wildman–Crippen MR) is 77.2 cm³/mol. The Bertz CT molecular complexity index is 619. The number of nitrogens with one attached hydrogen (secondary N) is 1. The molecule has 4 heteroatoms. The number of halogens is 1. The van der Waals surface area contributed by atoms with Crippen LogP contribution in [0.4, 0.5) is 0 Å². The first-order valence-electron chi connectivity index (χ1n) is 5.74. The Morgan fingerprint density at radius 2 is 2.11 bits per heavy atom. The molecule has 18 heavy (non-hydrogen) atoms. The molecule has 1 N–H and O–H groups in total. The maximum Gasteiger partial charge on any atom is 0.186 e. The predicted octanol–water partition coefficient (Wildman–Crippen LogP) is 2.63. The van der Waals surface area contributed by atoms with Gasteiger partial charge in [0, 0.05) is 40.2 Å². The van der Waals surface area contributed by atoms with Crippen molar-refractivity contribution in [1.29, 1.82) is 0 Å². The molecule has 0 unspecified atom stereocenters. The van der Waals surface area contributed by atoms with E-state index in [1.54, 1.807) is 6.07 Å². The summed E-state index contributed by atoms with van der Waals surface area (Å²) in [6.07, 6.45) is 1.90. The Morgan fingerprint density at radius 1 is 1.33 bits per heavy atom. The third-order valence-corrected chi connectivity index (χ3v) is 3.27. The average Bonchev–Trinajstić information content (AvgIpc) is 2.33. The van der Waals surface area contributed by atoms with Crippen molar-refractivity contribution in [3.8, 4) is 5.69 Å². The van der Waals surface area contributed by atoms with E-state index in [4.69, 9.17) is 0 Å². The molecule has 0 saturated carbocycles. The van der Waals surface area contributed by atoms with E-state index in [2.05, 4.69) is 21.2 Å². The first-order valence-corrected chi connectivity index (χ1v) is 6.54. The fraction of sp³-hybridized carbons (Fsp3) is 0.214. The van der Waals surface area contributed by atoms with Crippen molar-refractivity contribution < 1.29 is 0 Å². The zero-order valence-electron chi connectivity index (χ0n) is 10.4. The number of pyridine rings is 1. The maximum atomic E-state index is 11.8. The average molecular weight is 307 g/mol. The second-order valence-corrected chi connectivity index (χ2v) is 5.10. The van der Waals surface area contributed by atoms with Crippen LogP contribution in [0, 0.1) is 6.92 Å². The molecule has 0 spiro atoms. The lowest BCUT2D eigenvalue weighted by Gasteiger charge is -2.13. The third kappa shape index (κ3) is 2.71. The zero-order valence-corrected chi connectivity index (χ0v) is 12.0. The molecule has 0 atom stereocenters. The minimum Gasteiger partial charge on any atom is -0.321 e. The summed E-state index contributed by atoms with van der Waals surface area (Å²) in [5, 5.41) is 3.01. The van der Waals surface area contributed by atoms with Crippen LogP contribution in [0.25, 0.3) is 5.69 Å². The van der Waals surface area contributed by atoms with Crippen molar-refractivity contribution in [2.24, 2.45) is 0 Å². The Morgan fingerprint density at radius 3 is 2.78 bits per heavy atom. The number of nitrogens with zero attached hydrogens (tertiary/aromatic N) is 1. The molecule has 0 aliphatic rings. The van der Waals surface area contributed by atoms with Gasteiger partial charge >= 0.3 is 0 Å². The normalized spacial score (nSPS) is 10.6. The van der Waals surface area contributed by atoms with Crippen molar-refractivity contribution >= 4 is 15.9 Å². The molecular formula is C14H15BrN2O. The lowest BCUT2D eigenvalue weighted by atomic mass is 10.2. The van der Waals surface area contributed by atoms with Gasteiger partial charge in [-0.25, -0.2) is 0 Å². The highest BCUT2D eigenvalue weighted by atomic mass is 79.9. The monoisotopic (exact) mass is 306 g/mol. The molecule has 3 nitrogen and oxygen atoms in total. The highest BCUT2D eigenvalue weighted by Crippen LogP contribution is 2.16. The summed E-state index contributed by atoms with van der Waals surface area (Å²) in [7, 11) is 1.84. The van der Waals surface area contributed by atoms with Gasteiger partial charge in [0.15, 0.2) is 5.43 Å². The van der Waals surface area contributed by atoms with E-state index in [9.17, 15) is 4.79 Å². The van der Waals surface area contributed by atoms with E-state index >= 15 is 0 Å². The van der Waals surface area contributed by atoms with Gasteiger partial charge in [0.1, 0.15) is 0 Å². The van der Waals surface area contributed by atoms with Crippen molar-refractivity contribution in [3.05, 3.63) is 62.5 Å². The van der Waals surface area contributed by atoms with Crippen molar-refractivity contribution in [1.82, 2.24) is 9.88 Å². The summed E-state index contributed by atoms with van der Waals surface area (Å²) in [5.74, 6) is 0. The molecule has 0 aliphatic carbocycles. The molecule has 1 aromatic carbocycles. The van der Waals surface area contributed by atoms with Crippen LogP contribution < -0.4 is 10.7 Å². The number of aryl methyl sites for hydroxylation is 1. The summed E-state index contributed by atoms with van der Waals surface area (Å²) in [6.45, 7) is 2.51. The first-order chi connectivity index (χ1) is 8.61. The summed E-state index contributed by atoms with van der Waals surface area (Å²) in [5.41, 5.74) is 2.81. The fourth-order valence-corrected chi connectivity index (χ4v) is 2.29. The fourth-order valence-electron chi connectivity index (χ4n) is 1.90. The van der Waals surface area contributed by atoms with Crippen LogP contribution >= 0.6 is 15.9 Å². The van der Waals surface area contributed by atoms with Gasteiger partial charge in [-0.05, 0) is 32.2 Å². The van der Waals surface area contributed by atoms with Gasteiger partial charge in [0.25, 0.3) is 0 Å². The lowest BCUT2D eigenvalue weighted by molar-refractivity contribution is 0.794. The molecule has 0 saturated heterocycles. The number of aromatic nitrogens is 1. The van der Waals surface area contributed by atoms with Gasteiger partial charge < -0.3 is 9.88 Å². The Hall–Kier alpha value is -1.39. The molecule has 2 rings (SSSR count). The minimum absolute atomic E-state index is 0.0769. The topological polar surface area (TPSA) is 34.0 Å². The standard InChI is InChI=1S/C14H15BrN2O/c1-10-6-14(18)11(8-16-2)9-17(10)13-5-3-4-12(15)7-13/h3-7,9,16H,8H2,1-2H3. The summed E-state index contributed by atoms with van der Waals surface area (Å²) in [4.78, 5) is 11.8. The summed E-state index contributed by atoms with van der Waals surface area (Å²) in [6, 6.07) is 9.68. The van der Waals surface area contributed by atoms with Crippen LogP contribution in [0.3, 0.4) is 0 Å². The zero-order chi connectivity index (χ0) is 13.1. The molecule has 0 fully saturated rings. The van der Waals surface area contributed by atoms with E-state index in [0.717, 1.165) is 21.4 Å². The van der Waals surface area contributed by atoms with Gasteiger partial charge in [-0.1, -0.05) is 22.0 Å². The highest BCUT2D eigenvalue weighted by molar-refractivity contribution is 9.10. The first kappa shape index (κ1) is 13.1. The molecule has 1 heterocycles. The molecular weight excluding hydrogens is 292 g/mol. The number of benzene rings is 1. The largest absolute Gasteiger partial charge is 0.321 e. The smallest absolute Gasteiger partial charge is 0.186 e. The van der Waals surface area contributed by atoms with E-state index in [-0.39, 0.29) is 5.43 Å². The Labute approximate surface area is 115 Å². The second-order valence-electron chi connectivity index (χ2n) is 4.18. The Balaban J connectivity index is 2.57. The van der Waals surface area contributed by atoms with Crippen molar-refractivity contribution in [3.63, 3.8) is 0 Å². The van der Waals surface area contributed by atoms with E-state index in [1.807, 2.05) is 49.0 Å². The highest BCUT2D eigenvalue weighted by Gasteiger charge is 2.05. The number of rotatable bonds is 3. The van der Waals surface area contributed by atoms with Crippen LogP contribution in [-0.2, 0) is 6.54 Å². The van der Waals surface area contributed by atoms with E-state index in [0.29, 0.717) is 6.54 Å². The minimum atomic E-state index is 0.0769. The van der Waals surface area contributed by atoms with Crippen LogP contribution in [0.5, 0.6) is 0 Å². The number of hydrogen-bond donors (Lipinski definition) is 1. The van der Waals surface area contributed by atoms with Crippen LogP contribution in [-0.4, -0.2) is 11.6 Å². The molecule has 1 aromatic heterocycles. The van der Waals surface area contributed by atoms with Gasteiger partial charge in [-0.2, -0.15) is 0 Å². The van der Waals surface area contributed by atoms with Gasteiger partial charge in [0.2, 0.25) is 0 Å². The molecule has 94 valence electrons. The summed E-state index contributed by atoms with van der Waals surface area (Å²) < 4.78 is 3.05. The van der Waals surface area contributed by atoms with E-state index in [1.165, 1.54) is 0 Å². The molecule has 2 aromatic rings. The SMILES string of the molecule is CNCc1cn(-c2cccc(Br)c2)c(C)cc1=O. The maximum absolute atomic E-state index is 11.8.